The first-order valence-corrected chi connectivity index (χ1v) is 18.5. The van der Waals surface area contributed by atoms with Gasteiger partial charge in [0.15, 0.2) is 13.7 Å². The van der Waals surface area contributed by atoms with Gasteiger partial charge in [-0.25, -0.2) is 9.59 Å². The number of para-hydroxylation sites is 2. The highest BCUT2D eigenvalue weighted by molar-refractivity contribution is 7.63. The Labute approximate surface area is 294 Å². The summed E-state index contributed by atoms with van der Waals surface area (Å²) in [6, 6.07) is 16.3. The molecule has 280 valence electrons. The molecule has 0 bridgehead atoms. The number of amides is 1. The normalized spacial score (nSPS) is 20.4. The van der Waals surface area contributed by atoms with Crippen LogP contribution in [-0.4, -0.2) is 65.4 Å². The van der Waals surface area contributed by atoms with Crippen LogP contribution >= 0.6 is 15.4 Å². The van der Waals surface area contributed by atoms with Gasteiger partial charge in [-0.05, 0) is 30.7 Å². The molecular formula is C30H32N3O17P2-. The number of aromatic nitrogens is 2. The smallest absolute Gasteiger partial charge is 0.514 e. The minimum atomic E-state index is -5.85. The van der Waals surface area contributed by atoms with Crippen LogP contribution in [-0.2, 0) is 41.8 Å². The fourth-order valence-corrected chi connectivity index (χ4v) is 6.88. The molecule has 2 heterocycles. The van der Waals surface area contributed by atoms with Gasteiger partial charge in [-0.1, -0.05) is 49.7 Å². The number of phosphoric ester groups is 1. The van der Waals surface area contributed by atoms with Crippen LogP contribution in [0.1, 0.15) is 32.4 Å². The van der Waals surface area contributed by atoms with Crippen molar-refractivity contribution in [1.82, 2.24) is 4.98 Å². The molecular weight excluding hydrogens is 736 g/mol. The van der Waals surface area contributed by atoms with E-state index in [0.29, 0.717) is 6.42 Å². The number of carboxylic acid groups (broad SMARTS) is 1. The maximum atomic E-state index is 13.3. The Morgan fingerprint density at radius 2 is 1.50 bits per heavy atom. The number of nitrogens with zero attached hydrogens (tertiary/aromatic N) is 1. The number of carbonyl (C=O) groups is 4. The number of ether oxygens (including phenoxy) is 5. The van der Waals surface area contributed by atoms with Gasteiger partial charge in [0.25, 0.3) is 7.82 Å². The Balaban J connectivity index is 1.67. The van der Waals surface area contributed by atoms with Crippen LogP contribution in [0.4, 0.5) is 15.4 Å². The molecule has 6 atom stereocenters. The minimum Gasteiger partial charge on any atom is -0.778 e. The molecule has 1 amide bonds. The van der Waals surface area contributed by atoms with E-state index in [1.54, 1.807) is 24.3 Å². The van der Waals surface area contributed by atoms with E-state index in [4.69, 9.17) is 28.8 Å². The van der Waals surface area contributed by atoms with Gasteiger partial charge in [0.05, 0.1) is 6.61 Å². The van der Waals surface area contributed by atoms with Crippen molar-refractivity contribution in [3.63, 3.8) is 0 Å². The molecule has 3 N–H and O–H groups in total. The number of carbonyl (C=O) groups excluding carboxylic acids is 3. The zero-order valence-corrected chi connectivity index (χ0v) is 28.9. The summed E-state index contributed by atoms with van der Waals surface area (Å²) in [4.78, 5) is 89.1. The number of unbranched alkanes of at least 4 members (excludes halogenated alkanes) is 1. The number of benzene rings is 2. The Morgan fingerprint density at radius 3 is 2.04 bits per heavy atom. The van der Waals surface area contributed by atoms with Crippen molar-refractivity contribution in [2.24, 2.45) is 0 Å². The second-order valence-corrected chi connectivity index (χ2v) is 14.1. The molecule has 3 aromatic rings. The zero-order valence-electron chi connectivity index (χ0n) is 27.1. The fraction of sp³-hybridized carbons (Fsp3) is 0.333. The van der Waals surface area contributed by atoms with Crippen LogP contribution in [0, 0.1) is 0 Å². The van der Waals surface area contributed by atoms with Gasteiger partial charge >= 0.3 is 24.0 Å². The van der Waals surface area contributed by atoms with Crippen molar-refractivity contribution in [2.45, 2.75) is 50.7 Å². The third-order valence-electron chi connectivity index (χ3n) is 6.77. The van der Waals surface area contributed by atoms with E-state index in [9.17, 15) is 42.9 Å². The molecule has 1 fully saturated rings. The molecule has 52 heavy (non-hydrogen) atoms. The van der Waals surface area contributed by atoms with Crippen molar-refractivity contribution in [2.75, 3.05) is 18.1 Å². The van der Waals surface area contributed by atoms with Crippen LogP contribution in [0.5, 0.6) is 11.5 Å². The number of hydrogen-bond donors (Lipinski definition) is 3. The van der Waals surface area contributed by atoms with E-state index in [2.05, 4.69) is 19.1 Å². The summed E-state index contributed by atoms with van der Waals surface area (Å²) in [5.74, 6) is -2.31. The van der Waals surface area contributed by atoms with Crippen LogP contribution in [0.2, 0.25) is 0 Å². The number of hydrogen-bond acceptors (Lipinski definition) is 16. The lowest BCUT2D eigenvalue weighted by Gasteiger charge is -2.31. The number of phosphoric acid groups is 1. The SMILES string of the molecule is CCCCC(=O)Nc1cc[n+]([C@@H]2O[C@H](COP(=O)([O-])OP(=O)([O-])CC(=O)O)C(OC(=O)Oc3ccccc3)[C@@H]2OC(=O)Oc2ccccc2)c(=O)[nH]1. The number of H-pyrrole nitrogens is 1. The second kappa shape index (κ2) is 18.0. The predicted molar refractivity (Wildman–Crippen MR) is 169 cm³/mol. The van der Waals surface area contributed by atoms with E-state index >= 15 is 0 Å². The van der Waals surface area contributed by atoms with E-state index in [0.717, 1.165) is 17.2 Å². The van der Waals surface area contributed by atoms with E-state index in [-0.39, 0.29) is 23.7 Å². The summed E-state index contributed by atoms with van der Waals surface area (Å²) in [6.45, 7) is 0.683. The van der Waals surface area contributed by atoms with Crippen molar-refractivity contribution < 1.29 is 80.3 Å². The van der Waals surface area contributed by atoms with Crippen molar-refractivity contribution in [3.05, 3.63) is 83.4 Å². The Morgan fingerprint density at radius 1 is 0.923 bits per heavy atom. The largest absolute Gasteiger partial charge is 0.778 e. The first-order chi connectivity index (χ1) is 24.6. The molecule has 0 spiro atoms. The third kappa shape index (κ3) is 12.1. The Kier molecular flexibility index (Phi) is 13.8. The summed E-state index contributed by atoms with van der Waals surface area (Å²) in [7, 11) is -11.4. The lowest BCUT2D eigenvalue weighted by atomic mass is 10.1. The van der Waals surface area contributed by atoms with Crippen molar-refractivity contribution in [1.29, 1.82) is 0 Å². The number of aliphatic carboxylic acids is 1. The van der Waals surface area contributed by atoms with Gasteiger partial charge in [-0.2, -0.15) is 14.3 Å². The lowest BCUT2D eigenvalue weighted by Crippen LogP contribution is -2.59. The quantitative estimate of drug-likeness (QED) is 0.0813. The van der Waals surface area contributed by atoms with E-state index < -0.39 is 82.6 Å². The first kappa shape index (κ1) is 39.8. The number of carboxylic acids is 1. The third-order valence-corrected chi connectivity index (χ3v) is 9.69. The average Bonchev–Trinajstić information content (AvgIpc) is 3.38. The second-order valence-electron chi connectivity index (χ2n) is 10.8. The van der Waals surface area contributed by atoms with E-state index in [1.165, 1.54) is 42.5 Å². The monoisotopic (exact) mass is 768 g/mol. The minimum absolute atomic E-state index is 0.00111. The molecule has 0 radical (unpaired) electrons. The number of aromatic amines is 1. The van der Waals surface area contributed by atoms with Crippen LogP contribution in [0.15, 0.2) is 77.7 Å². The summed E-state index contributed by atoms with van der Waals surface area (Å²) < 4.78 is 60.8. The van der Waals surface area contributed by atoms with Gasteiger partial charge in [0.1, 0.15) is 30.0 Å². The van der Waals surface area contributed by atoms with Crippen LogP contribution in [0.3, 0.4) is 0 Å². The summed E-state index contributed by atoms with van der Waals surface area (Å²) >= 11 is 0. The molecule has 1 aromatic heterocycles. The van der Waals surface area contributed by atoms with Crippen LogP contribution in [0.25, 0.3) is 0 Å². The molecule has 1 saturated heterocycles. The Bertz CT molecular complexity index is 1880. The highest BCUT2D eigenvalue weighted by atomic mass is 31.3. The predicted octanol–water partition coefficient (Wildman–Crippen LogP) is 2.00. The molecule has 3 unspecified atom stereocenters. The van der Waals surface area contributed by atoms with Gasteiger partial charge in [-0.3, -0.25) is 23.8 Å². The van der Waals surface area contributed by atoms with Gasteiger partial charge in [0.2, 0.25) is 24.1 Å². The molecule has 0 saturated carbocycles. The lowest BCUT2D eigenvalue weighted by molar-refractivity contribution is -0.779. The van der Waals surface area contributed by atoms with Crippen molar-refractivity contribution in [3.8, 4) is 11.5 Å². The maximum Gasteiger partial charge on any atom is 0.514 e. The van der Waals surface area contributed by atoms with Crippen molar-refractivity contribution >= 4 is 45.4 Å². The van der Waals surface area contributed by atoms with Gasteiger partial charge in [-0.15, -0.1) is 0 Å². The molecule has 22 heteroatoms. The maximum absolute atomic E-state index is 13.3. The summed E-state index contributed by atoms with van der Waals surface area (Å²) in [5.41, 5.74) is -0.964. The molecule has 2 aromatic carbocycles. The summed E-state index contributed by atoms with van der Waals surface area (Å²) in [5, 5.41) is 11.3. The topological polar surface area (TPSA) is 282 Å². The molecule has 20 nitrogen and oxygen atoms in total. The molecule has 1 aliphatic heterocycles. The van der Waals surface area contributed by atoms with Gasteiger partial charge < -0.3 is 47.7 Å². The standard InChI is InChI=1S/C30H33N3O17P2/c1-2-3-14-23(34)31-22-15-16-33(28(37)32-22)27-26(49-30(39)46-20-12-8-5-9-13-20)25(48-29(38)45-19-10-6-4-7-11-19)21(47-27)17-44-52(42,43)50-51(40,41)18-24(35)36/h4-13,15-16,21,25-27H,2-3,14,17-18H2,1H3,(H4,31,32,34,35,36,37,40,41,42,43)/p-1/t21-,25?,26+,27-/m1/s1. The number of rotatable bonds is 16. The molecule has 1 aliphatic rings. The zero-order chi connectivity index (χ0) is 37.9. The highest BCUT2D eigenvalue weighted by Gasteiger charge is 2.54. The average molecular weight is 769 g/mol. The molecule has 0 aliphatic carbocycles. The number of nitrogens with one attached hydrogen (secondary N) is 2. The summed E-state index contributed by atoms with van der Waals surface area (Å²) in [6.07, 6.45) is -9.16. The number of anilines is 1. The molecule has 4 rings (SSSR count). The fourth-order valence-electron chi connectivity index (χ4n) is 4.58. The first-order valence-electron chi connectivity index (χ1n) is 15.3. The highest BCUT2D eigenvalue weighted by Crippen LogP contribution is 2.55. The van der Waals surface area contributed by atoms with Gasteiger partial charge in [0, 0.05) is 12.5 Å². The van der Waals surface area contributed by atoms with E-state index in [1.807, 2.05) is 6.92 Å². The van der Waals surface area contributed by atoms with Crippen LogP contribution < -0.4 is 34.8 Å². The Hall–Kier alpha value is -4.94.